The van der Waals surface area contributed by atoms with Crippen LogP contribution >= 0.6 is 0 Å². The topological polar surface area (TPSA) is 79.9 Å². The van der Waals surface area contributed by atoms with Gasteiger partial charge in [-0.15, -0.1) is 0 Å². The van der Waals surface area contributed by atoms with Crippen molar-refractivity contribution in [3.05, 3.63) is 46.0 Å². The molecule has 0 aliphatic rings. The molecule has 5 nitrogen and oxygen atoms in total. The van der Waals surface area contributed by atoms with Crippen LogP contribution in [0.5, 0.6) is 23.0 Å². The molecule has 5 heteroatoms. The normalized spacial score (nSPS) is 10.3. The SMILES string of the molecule is Cc1cc(O)c(O)c(Oc2cc(C)oc(=O)c2)c1. The van der Waals surface area contributed by atoms with Crippen LogP contribution in [0.1, 0.15) is 11.3 Å². The zero-order valence-electron chi connectivity index (χ0n) is 9.93. The maximum atomic E-state index is 11.2. The predicted octanol–water partition coefficient (Wildman–Crippen LogP) is 2.46. The molecule has 0 unspecified atom stereocenters. The van der Waals surface area contributed by atoms with Crippen molar-refractivity contribution < 1.29 is 19.4 Å². The first-order valence-corrected chi connectivity index (χ1v) is 5.28. The van der Waals surface area contributed by atoms with Crippen molar-refractivity contribution in [2.75, 3.05) is 0 Å². The predicted molar refractivity (Wildman–Crippen MR) is 64.3 cm³/mol. The third kappa shape index (κ3) is 2.45. The van der Waals surface area contributed by atoms with Gasteiger partial charge in [-0.3, -0.25) is 0 Å². The summed E-state index contributed by atoms with van der Waals surface area (Å²) in [6.07, 6.45) is 0. The summed E-state index contributed by atoms with van der Waals surface area (Å²) in [7, 11) is 0. The van der Waals surface area contributed by atoms with E-state index in [2.05, 4.69) is 0 Å². The molecule has 0 aliphatic heterocycles. The first-order chi connectivity index (χ1) is 8.45. The molecule has 0 atom stereocenters. The van der Waals surface area contributed by atoms with Crippen molar-refractivity contribution >= 4 is 0 Å². The van der Waals surface area contributed by atoms with Gasteiger partial charge >= 0.3 is 5.63 Å². The molecule has 1 aromatic heterocycles. The standard InChI is InChI=1S/C13H12O5/c1-7-3-10(14)13(16)11(4-7)18-9-5-8(2)17-12(15)6-9/h3-6,14,16H,1-2H3. The molecule has 0 aliphatic carbocycles. The molecule has 1 heterocycles. The number of ether oxygens (including phenoxy) is 1. The Hall–Kier alpha value is -2.43. The molecule has 2 N–H and O–H groups in total. The highest BCUT2D eigenvalue weighted by Gasteiger charge is 2.11. The molecule has 0 saturated carbocycles. The van der Waals surface area contributed by atoms with E-state index in [1.807, 2.05) is 0 Å². The van der Waals surface area contributed by atoms with Crippen LogP contribution in [0.4, 0.5) is 0 Å². The largest absolute Gasteiger partial charge is 0.504 e. The Morgan fingerprint density at radius 1 is 1.11 bits per heavy atom. The van der Waals surface area contributed by atoms with Gasteiger partial charge in [-0.05, 0) is 31.5 Å². The summed E-state index contributed by atoms with van der Waals surface area (Å²) in [5, 5.41) is 19.1. The number of aryl methyl sites for hydroxylation is 2. The lowest BCUT2D eigenvalue weighted by molar-refractivity contribution is 0.369. The minimum atomic E-state index is -0.540. The summed E-state index contributed by atoms with van der Waals surface area (Å²) in [4.78, 5) is 11.2. The molecule has 2 aromatic rings. The Balaban J connectivity index is 2.42. The van der Waals surface area contributed by atoms with E-state index >= 15 is 0 Å². The van der Waals surface area contributed by atoms with Crippen molar-refractivity contribution in [3.63, 3.8) is 0 Å². The van der Waals surface area contributed by atoms with Gasteiger partial charge < -0.3 is 19.4 Å². The fourth-order valence-electron chi connectivity index (χ4n) is 1.57. The number of benzene rings is 1. The number of hydrogen-bond acceptors (Lipinski definition) is 5. The lowest BCUT2D eigenvalue weighted by atomic mass is 10.2. The number of phenols is 2. The molecular weight excluding hydrogens is 236 g/mol. The van der Waals surface area contributed by atoms with E-state index in [1.54, 1.807) is 19.9 Å². The number of hydrogen-bond donors (Lipinski definition) is 2. The van der Waals surface area contributed by atoms with Crippen LogP contribution in [0.2, 0.25) is 0 Å². The van der Waals surface area contributed by atoms with Gasteiger partial charge in [-0.1, -0.05) is 0 Å². The Morgan fingerprint density at radius 2 is 1.83 bits per heavy atom. The Bertz CT molecular complexity index is 642. The van der Waals surface area contributed by atoms with Crippen LogP contribution in [0.3, 0.4) is 0 Å². The number of phenolic OH excluding ortho intramolecular Hbond substituents is 2. The second-order valence-corrected chi connectivity index (χ2v) is 3.96. The van der Waals surface area contributed by atoms with Gasteiger partial charge in [0.15, 0.2) is 11.5 Å². The highest BCUT2D eigenvalue weighted by atomic mass is 16.5. The third-order valence-corrected chi connectivity index (χ3v) is 2.29. The van der Waals surface area contributed by atoms with Crippen LogP contribution in [0, 0.1) is 13.8 Å². The maximum Gasteiger partial charge on any atom is 0.339 e. The van der Waals surface area contributed by atoms with Crippen molar-refractivity contribution in [1.29, 1.82) is 0 Å². The average Bonchev–Trinajstić information content (AvgIpc) is 2.23. The summed E-state index contributed by atoms with van der Waals surface area (Å²) < 4.78 is 10.1. The zero-order valence-corrected chi connectivity index (χ0v) is 9.93. The molecule has 0 bridgehead atoms. The lowest BCUT2D eigenvalue weighted by Gasteiger charge is -2.09. The lowest BCUT2D eigenvalue weighted by Crippen LogP contribution is -1.98. The van der Waals surface area contributed by atoms with Gasteiger partial charge in [0, 0.05) is 6.07 Å². The van der Waals surface area contributed by atoms with Crippen molar-refractivity contribution in [2.45, 2.75) is 13.8 Å². The van der Waals surface area contributed by atoms with E-state index in [0.717, 1.165) is 11.6 Å². The average molecular weight is 248 g/mol. The van der Waals surface area contributed by atoms with Crippen LogP contribution < -0.4 is 10.4 Å². The maximum absolute atomic E-state index is 11.2. The molecule has 0 amide bonds. The van der Waals surface area contributed by atoms with Gasteiger partial charge in [0.2, 0.25) is 5.75 Å². The van der Waals surface area contributed by atoms with Gasteiger partial charge in [0.05, 0.1) is 6.07 Å². The van der Waals surface area contributed by atoms with Crippen LogP contribution in [-0.2, 0) is 0 Å². The molecule has 2 rings (SSSR count). The highest BCUT2D eigenvalue weighted by molar-refractivity contribution is 5.53. The number of rotatable bonds is 2. The van der Waals surface area contributed by atoms with Crippen molar-refractivity contribution in [2.24, 2.45) is 0 Å². The molecule has 18 heavy (non-hydrogen) atoms. The quantitative estimate of drug-likeness (QED) is 0.798. The van der Waals surface area contributed by atoms with E-state index in [0.29, 0.717) is 5.76 Å². The molecule has 0 saturated heterocycles. The van der Waals surface area contributed by atoms with Gasteiger partial charge in [0.1, 0.15) is 11.5 Å². The first kappa shape index (κ1) is 12.0. The minimum absolute atomic E-state index is 0.0810. The Kier molecular flexibility index (Phi) is 2.97. The zero-order chi connectivity index (χ0) is 13.3. The van der Waals surface area contributed by atoms with E-state index in [1.165, 1.54) is 12.1 Å². The fourth-order valence-corrected chi connectivity index (χ4v) is 1.57. The van der Waals surface area contributed by atoms with Gasteiger partial charge in [-0.2, -0.15) is 0 Å². The van der Waals surface area contributed by atoms with Crippen LogP contribution in [-0.4, -0.2) is 10.2 Å². The van der Waals surface area contributed by atoms with Gasteiger partial charge in [-0.25, -0.2) is 4.79 Å². The Morgan fingerprint density at radius 3 is 2.50 bits per heavy atom. The Labute approximate surface area is 103 Å². The minimum Gasteiger partial charge on any atom is -0.504 e. The smallest absolute Gasteiger partial charge is 0.339 e. The summed E-state index contributed by atoms with van der Waals surface area (Å²) >= 11 is 0. The van der Waals surface area contributed by atoms with E-state index in [4.69, 9.17) is 9.15 Å². The number of aromatic hydroxyl groups is 2. The molecule has 0 fully saturated rings. The van der Waals surface area contributed by atoms with Crippen molar-refractivity contribution in [3.8, 4) is 23.0 Å². The van der Waals surface area contributed by atoms with Crippen LogP contribution in [0.15, 0.2) is 33.5 Å². The molecule has 0 radical (unpaired) electrons. The fraction of sp³-hybridized carbons (Fsp3) is 0.154. The van der Waals surface area contributed by atoms with Crippen LogP contribution in [0.25, 0.3) is 0 Å². The summed E-state index contributed by atoms with van der Waals surface area (Å²) in [5.74, 6) is 0.0756. The summed E-state index contributed by atoms with van der Waals surface area (Å²) in [6, 6.07) is 5.64. The second-order valence-electron chi connectivity index (χ2n) is 3.96. The highest BCUT2D eigenvalue weighted by Crippen LogP contribution is 2.38. The van der Waals surface area contributed by atoms with E-state index < -0.39 is 5.63 Å². The summed E-state index contributed by atoms with van der Waals surface area (Å²) in [5.41, 5.74) is 0.182. The van der Waals surface area contributed by atoms with Crippen molar-refractivity contribution in [1.82, 2.24) is 0 Å². The molecule has 94 valence electrons. The molecular formula is C13H12O5. The van der Waals surface area contributed by atoms with Gasteiger partial charge in [0.25, 0.3) is 0 Å². The summed E-state index contributed by atoms with van der Waals surface area (Å²) in [6.45, 7) is 3.36. The van der Waals surface area contributed by atoms with E-state index in [-0.39, 0.29) is 23.0 Å². The van der Waals surface area contributed by atoms with E-state index in [9.17, 15) is 15.0 Å². The third-order valence-electron chi connectivity index (χ3n) is 2.29. The molecule has 1 aromatic carbocycles. The monoisotopic (exact) mass is 248 g/mol. The first-order valence-electron chi connectivity index (χ1n) is 5.28. The second kappa shape index (κ2) is 4.44. The molecule has 0 spiro atoms.